The summed E-state index contributed by atoms with van der Waals surface area (Å²) in [6.07, 6.45) is 5.03. The molecule has 90 heavy (non-hydrogen) atoms. The van der Waals surface area contributed by atoms with Gasteiger partial charge in [0.2, 0.25) is 53.2 Å². The molecule has 9 amide bonds. The molecule has 0 saturated heterocycles. The smallest absolute Gasteiger partial charge is 0.243 e. The molecule has 27 nitrogen and oxygen atoms in total. The lowest BCUT2D eigenvalue weighted by molar-refractivity contribution is -0.138. The summed E-state index contributed by atoms with van der Waals surface area (Å²) in [5, 5.41) is 30.7. The number of unbranched alkanes of at least 4 members (excludes halogenated alkanes) is 7. The van der Waals surface area contributed by atoms with Crippen molar-refractivity contribution in [3.8, 4) is 0 Å². The third-order valence-electron chi connectivity index (χ3n) is 14.9. The monoisotopic (exact) mass is 1280 g/mol. The van der Waals surface area contributed by atoms with E-state index in [2.05, 4.69) is 58.5 Å². The number of rotatable bonds is 58. The van der Waals surface area contributed by atoms with Crippen LogP contribution >= 0.6 is 0 Å². The van der Waals surface area contributed by atoms with E-state index in [-0.39, 0.29) is 58.0 Å². The Kier molecular flexibility index (Phi) is 50.1. The van der Waals surface area contributed by atoms with Crippen LogP contribution in [0.4, 0.5) is 0 Å². The molecular formula is C63H119N15O12. The lowest BCUT2D eigenvalue weighted by atomic mass is 9.84. The highest BCUT2D eigenvalue weighted by molar-refractivity contribution is 5.99. The normalized spacial score (nSPS) is 13.2. The maximum absolute atomic E-state index is 14.6. The first kappa shape index (κ1) is 84.0. The second-order valence-corrected chi connectivity index (χ2v) is 23.8. The summed E-state index contributed by atoms with van der Waals surface area (Å²) in [4.78, 5) is 171. The Balaban J connectivity index is 7.31. The van der Waals surface area contributed by atoms with E-state index in [4.69, 9.17) is 11.5 Å². The second kappa shape index (κ2) is 53.6. The van der Waals surface area contributed by atoms with E-state index in [1.54, 1.807) is 6.92 Å². The molecule has 0 aliphatic carbocycles. The van der Waals surface area contributed by atoms with Crippen LogP contribution < -0.4 is 70.0 Å². The van der Waals surface area contributed by atoms with Gasteiger partial charge >= 0.3 is 0 Å². The number of nitrogens with two attached hydrogens (primary N) is 2. The molecule has 518 valence electrons. The zero-order valence-corrected chi connectivity index (χ0v) is 56.1. The summed E-state index contributed by atoms with van der Waals surface area (Å²) in [5.41, 5.74) is 11.2. The van der Waals surface area contributed by atoms with Gasteiger partial charge in [-0.2, -0.15) is 0 Å². The lowest BCUT2D eigenvalue weighted by Crippen LogP contribution is -2.56. The van der Waals surface area contributed by atoms with E-state index in [1.807, 2.05) is 58.8 Å². The van der Waals surface area contributed by atoms with Gasteiger partial charge < -0.3 is 79.8 Å². The zero-order valence-electron chi connectivity index (χ0n) is 56.1. The summed E-state index contributed by atoms with van der Waals surface area (Å²) in [6, 6.07) is -3.33. The Morgan fingerprint density at radius 3 is 1.23 bits per heavy atom. The average Bonchev–Trinajstić information content (AvgIpc) is 3.70. The number of carbonyl (C=O) groups excluding carboxylic acids is 12. The van der Waals surface area contributed by atoms with Gasteiger partial charge in [0.15, 0.2) is 0 Å². The molecule has 0 bridgehead atoms. The SMILES string of the molecule is CCCCCCNC(=O)CC(NC(=O)CC(CC(=O)C(CC(=O)CC(CC)C(=O)NCCCN(C)C)CC(=O)NCCCN(C)C)C(=O)NCCCCCC)C(=O)NC(CC(=O)CC(CC(=O)NCCNCCN)C(=O)NCCCC)C(=O)NCCNCCN. The van der Waals surface area contributed by atoms with Gasteiger partial charge in [-0.3, -0.25) is 57.5 Å². The van der Waals surface area contributed by atoms with E-state index >= 15 is 0 Å². The predicted molar refractivity (Wildman–Crippen MR) is 349 cm³/mol. The maximum atomic E-state index is 14.6. The minimum Gasteiger partial charge on any atom is -0.356 e. The highest BCUT2D eigenvalue weighted by atomic mass is 16.2. The second-order valence-electron chi connectivity index (χ2n) is 23.8. The number of hydrogen-bond acceptors (Lipinski definition) is 18. The topological polar surface area (TPSA) is 396 Å². The number of amides is 9. The molecule has 0 spiro atoms. The molecule has 6 unspecified atom stereocenters. The summed E-state index contributed by atoms with van der Waals surface area (Å²) in [6.45, 7) is 13.2. The Morgan fingerprint density at radius 1 is 0.322 bits per heavy atom. The first-order chi connectivity index (χ1) is 43.0. The van der Waals surface area contributed by atoms with E-state index in [0.717, 1.165) is 51.5 Å². The van der Waals surface area contributed by atoms with Crippen molar-refractivity contribution in [2.45, 2.75) is 181 Å². The van der Waals surface area contributed by atoms with Crippen molar-refractivity contribution in [1.82, 2.24) is 68.3 Å². The third kappa shape index (κ3) is 43.7. The fourth-order valence-corrected chi connectivity index (χ4v) is 9.62. The van der Waals surface area contributed by atoms with Gasteiger partial charge in [0, 0.05) is 148 Å². The minimum atomic E-state index is -1.71. The molecule has 0 heterocycles. The van der Waals surface area contributed by atoms with Gasteiger partial charge in [0.1, 0.15) is 29.4 Å². The maximum Gasteiger partial charge on any atom is 0.243 e. The Bertz CT molecular complexity index is 2120. The van der Waals surface area contributed by atoms with Crippen LogP contribution in [0.1, 0.15) is 169 Å². The predicted octanol–water partition coefficient (Wildman–Crippen LogP) is -0.177. The quantitative estimate of drug-likeness (QED) is 0.0351. The molecule has 0 saturated carbocycles. The molecule has 6 atom stereocenters. The van der Waals surface area contributed by atoms with Gasteiger partial charge in [-0.05, 0) is 79.8 Å². The van der Waals surface area contributed by atoms with E-state index < -0.39 is 145 Å². The molecule has 0 radical (unpaired) electrons. The van der Waals surface area contributed by atoms with Crippen molar-refractivity contribution in [3.63, 3.8) is 0 Å². The molecule has 0 aliphatic heterocycles. The number of Topliss-reactive ketones (excluding diaryl/α,β-unsaturated/α-hetero) is 3. The van der Waals surface area contributed by atoms with Gasteiger partial charge in [-0.15, -0.1) is 0 Å². The van der Waals surface area contributed by atoms with Crippen LogP contribution in [0.5, 0.6) is 0 Å². The van der Waals surface area contributed by atoms with Crippen molar-refractivity contribution < 1.29 is 57.5 Å². The third-order valence-corrected chi connectivity index (χ3v) is 14.9. The number of carbonyl (C=O) groups is 12. The number of hydrogen-bond donors (Lipinski definition) is 13. The largest absolute Gasteiger partial charge is 0.356 e. The minimum absolute atomic E-state index is 0.0356. The van der Waals surface area contributed by atoms with Crippen LogP contribution in [-0.4, -0.2) is 219 Å². The van der Waals surface area contributed by atoms with E-state index in [9.17, 15) is 57.5 Å². The fourth-order valence-electron chi connectivity index (χ4n) is 9.62. The van der Waals surface area contributed by atoms with Crippen molar-refractivity contribution in [2.75, 3.05) is 126 Å². The van der Waals surface area contributed by atoms with Gasteiger partial charge in [0.05, 0.1) is 18.3 Å². The summed E-state index contributed by atoms with van der Waals surface area (Å²) >= 11 is 0. The molecule has 0 rings (SSSR count). The van der Waals surface area contributed by atoms with Crippen molar-refractivity contribution in [2.24, 2.45) is 35.1 Å². The standard InChI is InChI=1S/C63H119N15O12/c1-9-13-16-18-25-68-57(84)45-53(63(90)76-52(62(89)74-34-32-67-30-23-65)44-51(80)39-48(60(87)71-24-15-11-3)42-56(83)70-33-31-66-29-22-64)75-58(85)43-49(61(88)72-26-19-17-14-10-2)40-54(81)47(41-55(82)69-27-20-35-77(5)6)38-50(79)37-46(12-4)59(86)73-28-21-36-78(7)8/h46-49,52-53,66-67H,9-45,64-65H2,1-8H3,(H,68,84)(H,69,82)(H,70,83)(H,71,87)(H,72,88)(H,73,86)(H,74,89)(H,75,85)(H,76,90). The Hall–Kier alpha value is -6.00. The van der Waals surface area contributed by atoms with E-state index in [1.165, 1.54) is 0 Å². The van der Waals surface area contributed by atoms with Crippen molar-refractivity contribution in [3.05, 3.63) is 0 Å². The highest BCUT2D eigenvalue weighted by Crippen LogP contribution is 2.23. The average molecular weight is 1280 g/mol. The highest BCUT2D eigenvalue weighted by Gasteiger charge is 2.35. The van der Waals surface area contributed by atoms with Crippen LogP contribution in [0, 0.1) is 23.7 Å². The van der Waals surface area contributed by atoms with Crippen LogP contribution in [0.2, 0.25) is 0 Å². The summed E-state index contributed by atoms with van der Waals surface area (Å²) in [7, 11) is 7.61. The first-order valence-corrected chi connectivity index (χ1v) is 33.2. The molecular weight excluding hydrogens is 1160 g/mol. The van der Waals surface area contributed by atoms with Crippen molar-refractivity contribution >= 4 is 70.5 Å². The molecule has 0 aromatic rings. The molecule has 0 aromatic heterocycles. The number of ketones is 3. The van der Waals surface area contributed by atoms with Gasteiger partial charge in [-0.1, -0.05) is 72.6 Å². The Morgan fingerprint density at radius 2 is 0.711 bits per heavy atom. The van der Waals surface area contributed by atoms with Crippen molar-refractivity contribution in [1.29, 1.82) is 0 Å². The molecule has 0 aliphatic rings. The summed E-state index contributed by atoms with van der Waals surface area (Å²) in [5.74, 6) is -12.2. The van der Waals surface area contributed by atoms with E-state index in [0.29, 0.717) is 90.9 Å². The Labute approximate surface area is 537 Å². The summed E-state index contributed by atoms with van der Waals surface area (Å²) < 4.78 is 0. The van der Waals surface area contributed by atoms with Gasteiger partial charge in [-0.25, -0.2) is 0 Å². The van der Waals surface area contributed by atoms with Crippen LogP contribution in [0.15, 0.2) is 0 Å². The molecule has 27 heteroatoms. The number of nitrogens with one attached hydrogen (secondary N) is 11. The van der Waals surface area contributed by atoms with Crippen LogP contribution in [0.25, 0.3) is 0 Å². The fraction of sp³-hybridized carbons (Fsp3) is 0.810. The molecule has 0 aromatic carbocycles. The molecule has 0 fully saturated rings. The van der Waals surface area contributed by atoms with Crippen LogP contribution in [0.3, 0.4) is 0 Å². The molecule has 15 N–H and O–H groups in total. The van der Waals surface area contributed by atoms with Crippen LogP contribution in [-0.2, 0) is 57.5 Å². The first-order valence-electron chi connectivity index (χ1n) is 33.2. The zero-order chi connectivity index (χ0) is 67.5. The number of nitrogens with zero attached hydrogens (tertiary/aromatic N) is 2. The van der Waals surface area contributed by atoms with Gasteiger partial charge in [0.25, 0.3) is 0 Å². The lowest BCUT2D eigenvalue weighted by Gasteiger charge is -2.25.